The number of nitrogens with one attached hydrogen (secondary N) is 2. The highest BCUT2D eigenvalue weighted by Crippen LogP contribution is 2.20. The molecule has 1 aromatic carbocycles. The Hall–Kier alpha value is -2.02. The van der Waals surface area contributed by atoms with Gasteiger partial charge >= 0.3 is 0 Å². The summed E-state index contributed by atoms with van der Waals surface area (Å²) >= 11 is 0. The van der Waals surface area contributed by atoms with Crippen LogP contribution in [0.3, 0.4) is 0 Å². The second kappa shape index (κ2) is 4.93. The maximum Gasteiger partial charge on any atom is 0.263 e. The van der Waals surface area contributed by atoms with Crippen molar-refractivity contribution in [2.24, 2.45) is 0 Å². The van der Waals surface area contributed by atoms with E-state index >= 15 is 0 Å². The molecular weight excluding hydrogens is 264 g/mol. The first kappa shape index (κ1) is 13.4. The predicted molar refractivity (Wildman–Crippen MR) is 74.4 cm³/mol. The molecule has 0 aliphatic rings. The van der Waals surface area contributed by atoms with Gasteiger partial charge in [0.15, 0.2) is 5.82 Å². The number of nitrogens with two attached hydrogens (primary N) is 1. The number of nitrogen functional groups attached to an aromatic ring is 1. The van der Waals surface area contributed by atoms with E-state index in [2.05, 4.69) is 14.9 Å². The van der Waals surface area contributed by atoms with Crippen molar-refractivity contribution in [3.05, 3.63) is 35.5 Å². The van der Waals surface area contributed by atoms with Gasteiger partial charge in [-0.05, 0) is 31.0 Å². The fourth-order valence-corrected chi connectivity index (χ4v) is 2.76. The van der Waals surface area contributed by atoms with Gasteiger partial charge in [-0.2, -0.15) is 5.10 Å². The maximum atomic E-state index is 12.1. The van der Waals surface area contributed by atoms with Crippen LogP contribution in [0.15, 0.2) is 29.2 Å². The van der Waals surface area contributed by atoms with Crippen LogP contribution in [0.1, 0.15) is 18.2 Å². The predicted octanol–water partition coefficient (Wildman–Crippen LogP) is 1.66. The lowest BCUT2D eigenvalue weighted by Crippen LogP contribution is -2.13. The second-order valence-corrected chi connectivity index (χ2v) is 5.94. The number of nitrogens with zero attached hydrogens (tertiary/aromatic N) is 1. The van der Waals surface area contributed by atoms with E-state index in [1.807, 2.05) is 6.92 Å². The van der Waals surface area contributed by atoms with Crippen LogP contribution in [0.5, 0.6) is 0 Å². The molecule has 7 heteroatoms. The summed E-state index contributed by atoms with van der Waals surface area (Å²) in [5.74, 6) is 0.260. The van der Waals surface area contributed by atoms with Crippen molar-refractivity contribution in [2.45, 2.75) is 25.2 Å². The van der Waals surface area contributed by atoms with Crippen LogP contribution in [-0.4, -0.2) is 18.6 Å². The monoisotopic (exact) mass is 280 g/mol. The third-order valence-corrected chi connectivity index (χ3v) is 4.11. The zero-order chi connectivity index (χ0) is 14.0. The lowest BCUT2D eigenvalue weighted by molar-refractivity contribution is 0.601. The van der Waals surface area contributed by atoms with Crippen LogP contribution in [-0.2, 0) is 16.4 Å². The Kier molecular flexibility index (Phi) is 3.48. The van der Waals surface area contributed by atoms with E-state index in [1.165, 1.54) is 12.1 Å². The van der Waals surface area contributed by atoms with Gasteiger partial charge in [0.25, 0.3) is 10.0 Å². The minimum atomic E-state index is -3.66. The van der Waals surface area contributed by atoms with Gasteiger partial charge in [-0.3, -0.25) is 9.82 Å². The number of aromatic amines is 1. The zero-order valence-electron chi connectivity index (χ0n) is 10.8. The molecule has 0 radical (unpaired) electrons. The van der Waals surface area contributed by atoms with Gasteiger partial charge in [-0.1, -0.05) is 13.0 Å². The number of aromatic nitrogens is 2. The number of H-pyrrole nitrogens is 1. The zero-order valence-corrected chi connectivity index (χ0v) is 11.6. The Bertz CT molecular complexity index is 692. The third kappa shape index (κ3) is 2.87. The molecule has 0 saturated heterocycles. The van der Waals surface area contributed by atoms with Gasteiger partial charge in [0.1, 0.15) is 0 Å². The number of sulfonamides is 1. The van der Waals surface area contributed by atoms with Gasteiger partial charge < -0.3 is 5.73 Å². The van der Waals surface area contributed by atoms with Crippen LogP contribution < -0.4 is 10.5 Å². The van der Waals surface area contributed by atoms with Gasteiger partial charge in [0, 0.05) is 17.4 Å². The summed E-state index contributed by atoms with van der Waals surface area (Å²) in [7, 11) is -3.66. The van der Waals surface area contributed by atoms with Gasteiger partial charge in [0.2, 0.25) is 0 Å². The van der Waals surface area contributed by atoms with Gasteiger partial charge in [-0.25, -0.2) is 8.42 Å². The largest absolute Gasteiger partial charge is 0.398 e. The molecule has 0 unspecified atom stereocenters. The summed E-state index contributed by atoms with van der Waals surface area (Å²) < 4.78 is 26.7. The molecular formula is C12H16N4O2S. The summed E-state index contributed by atoms with van der Waals surface area (Å²) in [5, 5.41) is 6.51. The summed E-state index contributed by atoms with van der Waals surface area (Å²) in [5.41, 5.74) is 7.99. The number of hydrogen-bond acceptors (Lipinski definition) is 4. The minimum Gasteiger partial charge on any atom is -0.398 e. The van der Waals surface area contributed by atoms with E-state index in [1.54, 1.807) is 19.1 Å². The molecule has 0 spiro atoms. The summed E-state index contributed by atoms with van der Waals surface area (Å²) in [4.78, 5) is 0.128. The molecule has 1 aromatic heterocycles. The van der Waals surface area contributed by atoms with Crippen molar-refractivity contribution in [1.29, 1.82) is 0 Å². The highest BCUT2D eigenvalue weighted by atomic mass is 32.2. The van der Waals surface area contributed by atoms with E-state index in [0.717, 1.165) is 17.7 Å². The average Bonchev–Trinajstić information content (AvgIpc) is 2.73. The lowest BCUT2D eigenvalue weighted by Gasteiger charge is -2.08. The molecule has 0 fully saturated rings. The molecule has 0 aliphatic heterocycles. The number of anilines is 2. The van der Waals surface area contributed by atoms with E-state index in [4.69, 9.17) is 5.73 Å². The highest BCUT2D eigenvalue weighted by Gasteiger charge is 2.16. The number of aryl methyl sites for hydroxylation is 2. The van der Waals surface area contributed by atoms with Crippen LogP contribution >= 0.6 is 0 Å². The van der Waals surface area contributed by atoms with Crippen molar-refractivity contribution < 1.29 is 8.42 Å². The molecule has 6 nitrogen and oxygen atoms in total. The first-order valence-corrected chi connectivity index (χ1v) is 7.34. The smallest absolute Gasteiger partial charge is 0.263 e. The fourth-order valence-electron chi connectivity index (χ4n) is 1.73. The molecule has 2 aromatic rings. The Morgan fingerprint density at radius 3 is 2.63 bits per heavy atom. The lowest BCUT2D eigenvalue weighted by atomic mass is 10.1. The fraction of sp³-hybridized carbons (Fsp3) is 0.250. The summed E-state index contributed by atoms with van der Waals surface area (Å²) in [6.07, 6.45) is 0.762. The van der Waals surface area contributed by atoms with Crippen molar-refractivity contribution in [3.8, 4) is 0 Å². The molecule has 1 heterocycles. The van der Waals surface area contributed by atoms with Crippen molar-refractivity contribution in [3.63, 3.8) is 0 Å². The number of rotatable bonds is 4. The van der Waals surface area contributed by atoms with Crippen LogP contribution in [0.25, 0.3) is 0 Å². The van der Waals surface area contributed by atoms with Gasteiger partial charge in [-0.15, -0.1) is 0 Å². The average molecular weight is 280 g/mol. The molecule has 0 saturated carbocycles. The first-order valence-electron chi connectivity index (χ1n) is 5.85. The molecule has 102 valence electrons. The minimum absolute atomic E-state index is 0.128. The normalized spacial score (nSPS) is 11.5. The molecule has 0 amide bonds. The van der Waals surface area contributed by atoms with Gasteiger partial charge in [0.05, 0.1) is 4.90 Å². The Labute approximate surface area is 112 Å². The summed E-state index contributed by atoms with van der Waals surface area (Å²) in [6, 6.07) is 6.33. The molecule has 0 aliphatic carbocycles. The molecule has 0 bridgehead atoms. The summed E-state index contributed by atoms with van der Waals surface area (Å²) in [6.45, 7) is 3.75. The Morgan fingerprint density at radius 1 is 1.37 bits per heavy atom. The van der Waals surface area contributed by atoms with Crippen LogP contribution in [0, 0.1) is 6.92 Å². The molecule has 19 heavy (non-hydrogen) atoms. The van der Waals surface area contributed by atoms with Crippen LogP contribution in [0.2, 0.25) is 0 Å². The van der Waals surface area contributed by atoms with E-state index in [9.17, 15) is 8.42 Å². The van der Waals surface area contributed by atoms with E-state index in [-0.39, 0.29) is 10.7 Å². The van der Waals surface area contributed by atoms with Crippen LogP contribution in [0.4, 0.5) is 11.5 Å². The molecule has 4 N–H and O–H groups in total. The first-order chi connectivity index (χ1) is 8.92. The SMILES string of the molecule is CCc1ccc(S(=O)(=O)Nc2cc(C)[nH]n2)cc1N. The molecule has 0 atom stereocenters. The second-order valence-electron chi connectivity index (χ2n) is 4.26. The van der Waals surface area contributed by atoms with Crippen molar-refractivity contribution in [2.75, 3.05) is 10.5 Å². The maximum absolute atomic E-state index is 12.1. The topological polar surface area (TPSA) is 101 Å². The van der Waals surface area contributed by atoms with E-state index in [0.29, 0.717) is 5.69 Å². The standard InChI is InChI=1S/C12H16N4O2S/c1-3-9-4-5-10(7-11(9)13)19(17,18)16-12-6-8(2)14-15-12/h4-7H,3,13H2,1-2H3,(H2,14,15,16). The Balaban J connectivity index is 2.31. The Morgan fingerprint density at radius 2 is 2.11 bits per heavy atom. The van der Waals surface area contributed by atoms with Crippen molar-refractivity contribution >= 4 is 21.5 Å². The quantitative estimate of drug-likeness (QED) is 0.741. The van der Waals surface area contributed by atoms with E-state index < -0.39 is 10.0 Å². The molecule has 2 rings (SSSR count). The number of hydrogen-bond donors (Lipinski definition) is 3. The third-order valence-electron chi connectivity index (χ3n) is 2.75. The number of benzene rings is 1. The van der Waals surface area contributed by atoms with Crippen molar-refractivity contribution in [1.82, 2.24) is 10.2 Å². The highest BCUT2D eigenvalue weighted by molar-refractivity contribution is 7.92.